The van der Waals surface area contributed by atoms with Gasteiger partial charge in [-0.05, 0) is 23.8 Å². The second-order valence-corrected chi connectivity index (χ2v) is 4.91. The molecule has 0 heterocycles. The van der Waals surface area contributed by atoms with Crippen molar-refractivity contribution in [1.29, 1.82) is 0 Å². The fraction of sp³-hybridized carbons (Fsp3) is 0.125. The average molecular weight is 347 g/mol. The third-order valence-corrected chi connectivity index (χ3v) is 3.04. The van der Waals surface area contributed by atoms with E-state index in [0.29, 0.717) is 5.56 Å². The first-order valence-electron chi connectivity index (χ1n) is 7.14. The Hall–Kier alpha value is -3.49. The summed E-state index contributed by atoms with van der Waals surface area (Å²) in [5.74, 6) is -1.67. The first kappa shape index (κ1) is 17.9. The highest BCUT2D eigenvalue weighted by Crippen LogP contribution is 2.25. The maximum absolute atomic E-state index is 12.8. The molecule has 0 spiro atoms. The van der Waals surface area contributed by atoms with E-state index in [-0.39, 0.29) is 17.9 Å². The van der Waals surface area contributed by atoms with Crippen LogP contribution in [0.1, 0.15) is 5.56 Å². The minimum atomic E-state index is -0.689. The summed E-state index contributed by atoms with van der Waals surface area (Å²) in [5, 5.41) is 10.8. The van der Waals surface area contributed by atoms with Crippen LogP contribution in [0, 0.1) is 15.9 Å². The average Bonchev–Trinajstić information content (AvgIpc) is 2.60. The summed E-state index contributed by atoms with van der Waals surface area (Å²) in [6.07, 6.45) is -0.0500. The number of carbonyl (C=O) groups is 2. The lowest BCUT2D eigenvalue weighted by molar-refractivity contribution is -0.385. The van der Waals surface area contributed by atoms with Crippen LogP contribution in [0.4, 0.5) is 10.1 Å². The molecular formula is C16H14FN3O5. The molecule has 2 rings (SSSR count). The third kappa shape index (κ3) is 5.57. The number of nitrogens with zero attached hydrogens (tertiary/aromatic N) is 1. The topological polar surface area (TPSA) is 111 Å². The molecular weight excluding hydrogens is 333 g/mol. The molecule has 0 bridgehead atoms. The Morgan fingerprint density at radius 3 is 2.36 bits per heavy atom. The van der Waals surface area contributed by atoms with Gasteiger partial charge in [0.2, 0.25) is 5.91 Å². The van der Waals surface area contributed by atoms with Crippen LogP contribution < -0.4 is 15.6 Å². The molecule has 0 aliphatic carbocycles. The number of benzene rings is 2. The molecule has 9 heteroatoms. The van der Waals surface area contributed by atoms with Crippen molar-refractivity contribution in [2.45, 2.75) is 6.42 Å². The van der Waals surface area contributed by atoms with E-state index in [2.05, 4.69) is 10.9 Å². The predicted octanol–water partition coefficient (Wildman–Crippen LogP) is 1.50. The maximum Gasteiger partial charge on any atom is 0.310 e. The number of rotatable bonds is 6. The number of hydrazine groups is 1. The Balaban J connectivity index is 1.78. The van der Waals surface area contributed by atoms with Crippen LogP contribution in [0.15, 0.2) is 48.5 Å². The largest absolute Gasteiger partial charge is 0.477 e. The number of hydrogen-bond acceptors (Lipinski definition) is 5. The van der Waals surface area contributed by atoms with Crippen LogP contribution in [0.2, 0.25) is 0 Å². The van der Waals surface area contributed by atoms with Gasteiger partial charge in [0.05, 0.1) is 11.3 Å². The number of amides is 2. The van der Waals surface area contributed by atoms with Crippen LogP contribution in [0.5, 0.6) is 5.75 Å². The number of nitrogens with one attached hydrogen (secondary N) is 2. The molecule has 130 valence electrons. The lowest BCUT2D eigenvalue weighted by atomic mass is 10.1. The Morgan fingerprint density at radius 2 is 1.68 bits per heavy atom. The zero-order valence-corrected chi connectivity index (χ0v) is 12.9. The minimum absolute atomic E-state index is 0.0500. The molecule has 25 heavy (non-hydrogen) atoms. The Morgan fingerprint density at radius 1 is 1.04 bits per heavy atom. The third-order valence-electron chi connectivity index (χ3n) is 3.04. The highest BCUT2D eigenvalue weighted by atomic mass is 19.1. The summed E-state index contributed by atoms with van der Waals surface area (Å²) in [4.78, 5) is 33.5. The highest BCUT2D eigenvalue weighted by molar-refractivity contribution is 5.83. The fourth-order valence-corrected chi connectivity index (χ4v) is 1.88. The van der Waals surface area contributed by atoms with Gasteiger partial charge in [0, 0.05) is 6.07 Å². The summed E-state index contributed by atoms with van der Waals surface area (Å²) in [6, 6.07) is 11.0. The first-order chi connectivity index (χ1) is 12.0. The van der Waals surface area contributed by atoms with Crippen molar-refractivity contribution in [3.8, 4) is 5.75 Å². The van der Waals surface area contributed by atoms with E-state index in [0.717, 1.165) is 0 Å². The monoisotopic (exact) mass is 347 g/mol. The second-order valence-electron chi connectivity index (χ2n) is 4.91. The molecule has 0 saturated heterocycles. The molecule has 0 saturated carbocycles. The van der Waals surface area contributed by atoms with Crippen LogP contribution in [0.25, 0.3) is 0 Å². The number of nitro groups is 1. The maximum atomic E-state index is 12.8. The first-order valence-corrected chi connectivity index (χ1v) is 7.14. The molecule has 0 fully saturated rings. The minimum Gasteiger partial charge on any atom is -0.477 e. The number of nitro benzene ring substituents is 1. The van der Waals surface area contributed by atoms with Gasteiger partial charge < -0.3 is 4.74 Å². The van der Waals surface area contributed by atoms with Gasteiger partial charge in [0.25, 0.3) is 5.91 Å². The van der Waals surface area contributed by atoms with E-state index in [1.54, 1.807) is 0 Å². The Labute approximate surface area is 141 Å². The van der Waals surface area contributed by atoms with Gasteiger partial charge in [-0.1, -0.05) is 24.3 Å². The number of halogens is 1. The number of hydrogen-bond donors (Lipinski definition) is 2. The van der Waals surface area contributed by atoms with E-state index in [1.807, 2.05) is 0 Å². The van der Waals surface area contributed by atoms with Crippen molar-refractivity contribution in [3.63, 3.8) is 0 Å². The van der Waals surface area contributed by atoms with Gasteiger partial charge in [0.15, 0.2) is 12.4 Å². The fourth-order valence-electron chi connectivity index (χ4n) is 1.88. The van der Waals surface area contributed by atoms with E-state index >= 15 is 0 Å². The van der Waals surface area contributed by atoms with Gasteiger partial charge in [-0.2, -0.15) is 0 Å². The van der Waals surface area contributed by atoms with Gasteiger partial charge in [-0.25, -0.2) is 4.39 Å². The summed E-state index contributed by atoms with van der Waals surface area (Å²) < 4.78 is 17.8. The molecule has 8 nitrogen and oxygen atoms in total. The molecule has 0 radical (unpaired) electrons. The lowest BCUT2D eigenvalue weighted by Crippen LogP contribution is -2.44. The van der Waals surface area contributed by atoms with Crippen molar-refractivity contribution in [2.75, 3.05) is 6.61 Å². The van der Waals surface area contributed by atoms with Crippen molar-refractivity contribution in [3.05, 3.63) is 70.0 Å². The zero-order valence-electron chi connectivity index (χ0n) is 12.9. The molecule has 2 aromatic rings. The van der Waals surface area contributed by atoms with Crippen LogP contribution in [-0.4, -0.2) is 23.3 Å². The molecule has 0 aliphatic heterocycles. The molecule has 0 atom stereocenters. The molecule has 0 aliphatic rings. The van der Waals surface area contributed by atoms with Crippen molar-refractivity contribution in [1.82, 2.24) is 10.9 Å². The van der Waals surface area contributed by atoms with Gasteiger partial charge >= 0.3 is 5.69 Å². The number of ether oxygens (including phenoxy) is 1. The van der Waals surface area contributed by atoms with Gasteiger partial charge in [-0.15, -0.1) is 0 Å². The summed E-state index contributed by atoms with van der Waals surface area (Å²) in [5.41, 5.74) is 4.60. The zero-order chi connectivity index (χ0) is 18.2. The van der Waals surface area contributed by atoms with Gasteiger partial charge in [-0.3, -0.25) is 30.6 Å². The molecule has 2 amide bonds. The van der Waals surface area contributed by atoms with E-state index < -0.39 is 29.2 Å². The molecule has 0 unspecified atom stereocenters. The molecule has 2 N–H and O–H groups in total. The van der Waals surface area contributed by atoms with Crippen LogP contribution >= 0.6 is 0 Å². The summed E-state index contributed by atoms with van der Waals surface area (Å²) in [7, 11) is 0. The van der Waals surface area contributed by atoms with E-state index in [1.165, 1.54) is 48.5 Å². The smallest absolute Gasteiger partial charge is 0.310 e. The van der Waals surface area contributed by atoms with Crippen molar-refractivity contribution in [2.24, 2.45) is 0 Å². The van der Waals surface area contributed by atoms with Crippen molar-refractivity contribution < 1.29 is 23.6 Å². The molecule has 2 aromatic carbocycles. The summed E-state index contributed by atoms with van der Waals surface area (Å²) in [6.45, 7) is -0.512. The van der Waals surface area contributed by atoms with E-state index in [9.17, 15) is 24.1 Å². The number of para-hydroxylation sites is 2. The Bertz CT molecular complexity index is 780. The predicted molar refractivity (Wildman–Crippen MR) is 85.0 cm³/mol. The van der Waals surface area contributed by atoms with Crippen LogP contribution in [-0.2, 0) is 16.0 Å². The quantitative estimate of drug-likeness (QED) is 0.608. The standard InChI is InChI=1S/C16H14FN3O5/c17-12-7-5-11(6-8-12)9-15(21)18-19-16(22)10-25-14-4-2-1-3-13(14)20(23)24/h1-8H,9-10H2,(H,18,21)(H,19,22). The SMILES string of the molecule is O=C(COc1ccccc1[N+](=O)[O-])NNC(=O)Cc1ccc(F)cc1. The molecule has 0 aromatic heterocycles. The van der Waals surface area contributed by atoms with Gasteiger partial charge in [0.1, 0.15) is 5.82 Å². The second kappa shape index (κ2) is 8.39. The number of carbonyl (C=O) groups excluding carboxylic acids is 2. The summed E-state index contributed by atoms with van der Waals surface area (Å²) >= 11 is 0. The van der Waals surface area contributed by atoms with Crippen molar-refractivity contribution >= 4 is 17.5 Å². The van der Waals surface area contributed by atoms with E-state index in [4.69, 9.17) is 4.74 Å². The lowest BCUT2D eigenvalue weighted by Gasteiger charge is -2.09. The van der Waals surface area contributed by atoms with Crippen LogP contribution in [0.3, 0.4) is 0 Å². The highest BCUT2D eigenvalue weighted by Gasteiger charge is 2.15. The normalized spacial score (nSPS) is 9.96. The Kier molecular flexibility index (Phi) is 5.99.